The molecule has 0 aromatic heterocycles. The van der Waals surface area contributed by atoms with Crippen molar-refractivity contribution >= 4 is 17.5 Å². The highest BCUT2D eigenvalue weighted by atomic mass is 16.6. The first kappa shape index (κ1) is 19.5. The maximum absolute atomic E-state index is 12.0. The number of hydrogen-bond donors (Lipinski definition) is 2. The van der Waals surface area contributed by atoms with Crippen LogP contribution in [-0.2, 0) is 4.74 Å². The summed E-state index contributed by atoms with van der Waals surface area (Å²) in [5.74, 6) is 0. The zero-order valence-corrected chi connectivity index (χ0v) is 16.0. The SMILES string of the molecule is CCOC(=O)N1CCC(Nc2c(NCCC3=CCCCC3)c(=O)c2=O)CC1. The molecule has 7 nitrogen and oxygen atoms in total. The zero-order valence-electron chi connectivity index (χ0n) is 16.0. The van der Waals surface area contributed by atoms with Gasteiger partial charge in [-0.15, -0.1) is 0 Å². The van der Waals surface area contributed by atoms with Crippen molar-refractivity contribution in [3.63, 3.8) is 0 Å². The van der Waals surface area contributed by atoms with Crippen molar-refractivity contribution in [3.05, 3.63) is 32.1 Å². The summed E-state index contributed by atoms with van der Waals surface area (Å²) in [6.45, 7) is 4.00. The van der Waals surface area contributed by atoms with Crippen molar-refractivity contribution in [1.82, 2.24) is 4.90 Å². The highest BCUT2D eigenvalue weighted by molar-refractivity contribution is 5.74. The Morgan fingerprint density at radius 1 is 1.19 bits per heavy atom. The van der Waals surface area contributed by atoms with Crippen LogP contribution in [0.2, 0.25) is 0 Å². The lowest BCUT2D eigenvalue weighted by Crippen LogP contribution is -2.45. The number of rotatable bonds is 7. The number of amides is 1. The third-order valence-corrected chi connectivity index (χ3v) is 5.41. The molecule has 0 saturated carbocycles. The second-order valence-electron chi connectivity index (χ2n) is 7.30. The molecule has 2 N–H and O–H groups in total. The van der Waals surface area contributed by atoms with Crippen molar-refractivity contribution < 1.29 is 9.53 Å². The van der Waals surface area contributed by atoms with E-state index in [1.807, 2.05) is 0 Å². The van der Waals surface area contributed by atoms with E-state index in [9.17, 15) is 14.4 Å². The highest BCUT2D eigenvalue weighted by Gasteiger charge is 2.27. The number of nitrogens with one attached hydrogen (secondary N) is 2. The van der Waals surface area contributed by atoms with Gasteiger partial charge in [0.1, 0.15) is 11.4 Å². The monoisotopic (exact) mass is 375 g/mol. The molecule has 1 aliphatic heterocycles. The molecular weight excluding hydrogens is 346 g/mol. The van der Waals surface area contributed by atoms with Crippen molar-refractivity contribution in [2.45, 2.75) is 57.9 Å². The Hall–Kier alpha value is -2.31. The fourth-order valence-corrected chi connectivity index (χ4v) is 3.80. The Morgan fingerprint density at radius 2 is 1.93 bits per heavy atom. The van der Waals surface area contributed by atoms with Crippen molar-refractivity contribution in [3.8, 4) is 0 Å². The molecule has 27 heavy (non-hydrogen) atoms. The van der Waals surface area contributed by atoms with Gasteiger partial charge in [0.05, 0.1) is 6.61 Å². The average Bonchev–Trinajstić information content (AvgIpc) is 2.71. The molecule has 1 heterocycles. The van der Waals surface area contributed by atoms with Crippen molar-refractivity contribution in [1.29, 1.82) is 0 Å². The van der Waals surface area contributed by atoms with Gasteiger partial charge in [-0.25, -0.2) is 4.79 Å². The molecule has 0 spiro atoms. The van der Waals surface area contributed by atoms with Crippen LogP contribution in [-0.4, -0.2) is 43.3 Å². The highest BCUT2D eigenvalue weighted by Crippen LogP contribution is 2.23. The van der Waals surface area contributed by atoms with Crippen LogP contribution < -0.4 is 21.5 Å². The molecule has 0 unspecified atom stereocenters. The van der Waals surface area contributed by atoms with Crippen LogP contribution in [0.5, 0.6) is 0 Å². The normalized spacial score (nSPS) is 18.3. The van der Waals surface area contributed by atoms with Gasteiger partial charge in [0.2, 0.25) is 0 Å². The molecule has 3 rings (SSSR count). The van der Waals surface area contributed by atoms with Gasteiger partial charge in [0.15, 0.2) is 0 Å². The molecule has 2 aliphatic rings. The molecule has 1 amide bonds. The first-order valence-electron chi connectivity index (χ1n) is 10.0. The Bertz CT molecular complexity index is 756. The first-order chi connectivity index (χ1) is 13.1. The summed E-state index contributed by atoms with van der Waals surface area (Å²) >= 11 is 0. The molecule has 1 aromatic rings. The number of allylic oxidation sites excluding steroid dienone is 1. The molecule has 0 atom stereocenters. The third kappa shape index (κ3) is 4.70. The predicted octanol–water partition coefficient (Wildman–Crippen LogP) is 2.62. The standard InChI is InChI=1S/C20H29N3O4/c1-2-27-20(26)23-12-9-15(10-13-23)22-17-16(18(24)19(17)25)21-11-8-14-6-4-3-5-7-14/h6,15,21-22H,2-5,7-13H2,1H3. The maximum Gasteiger partial charge on any atom is 0.409 e. The Balaban J connectivity index is 1.49. The summed E-state index contributed by atoms with van der Waals surface area (Å²) < 4.78 is 5.02. The molecule has 7 heteroatoms. The second-order valence-corrected chi connectivity index (χ2v) is 7.30. The van der Waals surface area contributed by atoms with E-state index >= 15 is 0 Å². The largest absolute Gasteiger partial charge is 0.450 e. The number of carbonyl (C=O) groups is 1. The van der Waals surface area contributed by atoms with Crippen LogP contribution in [0, 0.1) is 0 Å². The molecule has 0 bridgehead atoms. The lowest BCUT2D eigenvalue weighted by molar-refractivity contribution is 0.0983. The number of nitrogens with zero attached hydrogens (tertiary/aromatic N) is 1. The number of piperidine rings is 1. The van der Waals surface area contributed by atoms with Crippen LogP contribution in [0.25, 0.3) is 0 Å². The van der Waals surface area contributed by atoms with E-state index in [1.165, 1.54) is 18.4 Å². The minimum absolute atomic E-state index is 0.0839. The van der Waals surface area contributed by atoms with Gasteiger partial charge >= 0.3 is 6.09 Å². The number of anilines is 2. The molecule has 148 valence electrons. The first-order valence-corrected chi connectivity index (χ1v) is 10.0. The van der Waals surface area contributed by atoms with E-state index in [0.29, 0.717) is 37.6 Å². The quantitative estimate of drug-likeness (QED) is 0.563. The van der Waals surface area contributed by atoms with E-state index < -0.39 is 10.9 Å². The molecule has 1 fully saturated rings. The summed E-state index contributed by atoms with van der Waals surface area (Å²) in [5, 5.41) is 6.37. The molecular formula is C20H29N3O4. The Morgan fingerprint density at radius 3 is 2.59 bits per heavy atom. The smallest absolute Gasteiger partial charge is 0.409 e. The fraction of sp³-hybridized carbons (Fsp3) is 0.650. The van der Waals surface area contributed by atoms with Gasteiger partial charge in [-0.05, 0) is 51.9 Å². The van der Waals surface area contributed by atoms with E-state index in [-0.39, 0.29) is 12.1 Å². The summed E-state index contributed by atoms with van der Waals surface area (Å²) in [5.41, 5.74) is 1.39. The molecule has 1 saturated heterocycles. The topological polar surface area (TPSA) is 87.7 Å². The number of likely N-dealkylation sites (tertiary alicyclic amines) is 1. The van der Waals surface area contributed by atoms with E-state index in [2.05, 4.69) is 16.7 Å². The Labute approximate surface area is 159 Å². The lowest BCUT2D eigenvalue weighted by atomic mass is 9.97. The van der Waals surface area contributed by atoms with Crippen LogP contribution >= 0.6 is 0 Å². The minimum atomic E-state index is -0.442. The van der Waals surface area contributed by atoms with Gasteiger partial charge < -0.3 is 20.3 Å². The van der Waals surface area contributed by atoms with Crippen LogP contribution in [0.4, 0.5) is 16.2 Å². The van der Waals surface area contributed by atoms with Gasteiger partial charge in [0.25, 0.3) is 10.9 Å². The summed E-state index contributed by atoms with van der Waals surface area (Å²) in [4.78, 5) is 37.3. The van der Waals surface area contributed by atoms with E-state index in [1.54, 1.807) is 11.8 Å². The van der Waals surface area contributed by atoms with Crippen molar-refractivity contribution in [2.24, 2.45) is 0 Å². The fourth-order valence-electron chi connectivity index (χ4n) is 3.80. The number of hydrogen-bond acceptors (Lipinski definition) is 6. The van der Waals surface area contributed by atoms with E-state index in [0.717, 1.165) is 32.1 Å². The lowest BCUT2D eigenvalue weighted by Gasteiger charge is -2.32. The van der Waals surface area contributed by atoms with Gasteiger partial charge in [-0.3, -0.25) is 9.59 Å². The molecule has 1 aliphatic carbocycles. The van der Waals surface area contributed by atoms with Gasteiger partial charge in [-0.2, -0.15) is 0 Å². The second kappa shape index (κ2) is 9.06. The Kier molecular flexibility index (Phi) is 6.53. The number of ether oxygens (including phenoxy) is 1. The average molecular weight is 375 g/mol. The summed E-state index contributed by atoms with van der Waals surface area (Å²) in [7, 11) is 0. The third-order valence-electron chi connectivity index (χ3n) is 5.41. The van der Waals surface area contributed by atoms with Gasteiger partial charge in [-0.1, -0.05) is 11.6 Å². The predicted molar refractivity (Wildman–Crippen MR) is 106 cm³/mol. The van der Waals surface area contributed by atoms with Crippen LogP contribution in [0.15, 0.2) is 21.2 Å². The van der Waals surface area contributed by atoms with Crippen LogP contribution in [0.1, 0.15) is 51.9 Å². The van der Waals surface area contributed by atoms with Crippen LogP contribution in [0.3, 0.4) is 0 Å². The molecule has 1 aromatic carbocycles. The van der Waals surface area contributed by atoms with E-state index in [4.69, 9.17) is 4.74 Å². The molecule has 0 radical (unpaired) electrons. The maximum atomic E-state index is 12.0. The summed E-state index contributed by atoms with van der Waals surface area (Å²) in [6, 6.07) is 0.0839. The van der Waals surface area contributed by atoms with Crippen molar-refractivity contribution in [2.75, 3.05) is 36.9 Å². The minimum Gasteiger partial charge on any atom is -0.450 e. The zero-order chi connectivity index (χ0) is 19.2. The van der Waals surface area contributed by atoms with Gasteiger partial charge in [0, 0.05) is 25.7 Å². The summed E-state index contributed by atoms with van der Waals surface area (Å²) in [6.07, 6.45) is 9.16. The number of carbonyl (C=O) groups excluding carboxylic acids is 1.